The Hall–Kier alpha value is -0.790. The van der Waals surface area contributed by atoms with Crippen molar-refractivity contribution >= 4 is 5.97 Å². The topological polar surface area (TPSA) is 37.3 Å². The Balaban J connectivity index is 2.60. The summed E-state index contributed by atoms with van der Waals surface area (Å²) in [4.78, 5) is 10.4. The van der Waals surface area contributed by atoms with Crippen LogP contribution in [0.5, 0.6) is 0 Å². The molecule has 0 heterocycles. The standard InChI is InChI=1S/C7H10O2/c1-5-3-2-4-6(5)7(8)9/h6H,1-4H2,(H,8,9). The Bertz CT molecular complexity index is 149. The number of hydrogen-bond acceptors (Lipinski definition) is 1. The maximum Gasteiger partial charge on any atom is 0.310 e. The van der Waals surface area contributed by atoms with Crippen LogP contribution >= 0.6 is 0 Å². The zero-order valence-electron chi connectivity index (χ0n) is 5.26. The highest BCUT2D eigenvalue weighted by Gasteiger charge is 2.25. The van der Waals surface area contributed by atoms with E-state index in [0.29, 0.717) is 0 Å². The molecule has 2 heteroatoms. The summed E-state index contributed by atoms with van der Waals surface area (Å²) >= 11 is 0. The minimum Gasteiger partial charge on any atom is -0.481 e. The molecule has 0 aromatic carbocycles. The maximum atomic E-state index is 10.4. The molecule has 0 radical (unpaired) electrons. The predicted octanol–water partition coefficient (Wildman–Crippen LogP) is 1.43. The third-order valence-electron chi connectivity index (χ3n) is 1.78. The van der Waals surface area contributed by atoms with Crippen molar-refractivity contribution in [2.75, 3.05) is 0 Å². The van der Waals surface area contributed by atoms with Crippen LogP contribution in [0.4, 0.5) is 0 Å². The molecule has 1 unspecified atom stereocenters. The van der Waals surface area contributed by atoms with E-state index in [-0.39, 0.29) is 5.92 Å². The van der Waals surface area contributed by atoms with Gasteiger partial charge in [-0.3, -0.25) is 4.79 Å². The number of carboxylic acids is 1. The Morgan fingerprint density at radius 3 is 2.67 bits per heavy atom. The van der Waals surface area contributed by atoms with Crippen LogP contribution in [0, 0.1) is 5.92 Å². The third-order valence-corrected chi connectivity index (χ3v) is 1.78. The summed E-state index contributed by atoms with van der Waals surface area (Å²) in [6.07, 6.45) is 2.68. The molecule has 50 valence electrons. The van der Waals surface area contributed by atoms with Crippen LogP contribution in [0.1, 0.15) is 19.3 Å². The fraction of sp³-hybridized carbons (Fsp3) is 0.571. The molecule has 2 nitrogen and oxygen atoms in total. The van der Waals surface area contributed by atoms with Gasteiger partial charge in [-0.15, -0.1) is 0 Å². The van der Waals surface area contributed by atoms with Gasteiger partial charge >= 0.3 is 5.97 Å². The Kier molecular flexibility index (Phi) is 1.56. The third kappa shape index (κ3) is 1.12. The van der Waals surface area contributed by atoms with Gasteiger partial charge in [-0.1, -0.05) is 12.2 Å². The van der Waals surface area contributed by atoms with Gasteiger partial charge in [0.2, 0.25) is 0 Å². The van der Waals surface area contributed by atoms with Crippen molar-refractivity contribution in [2.24, 2.45) is 5.92 Å². The second-order valence-electron chi connectivity index (χ2n) is 2.44. The van der Waals surface area contributed by atoms with E-state index in [4.69, 9.17) is 5.11 Å². The van der Waals surface area contributed by atoms with Crippen LogP contribution in [0.15, 0.2) is 12.2 Å². The summed E-state index contributed by atoms with van der Waals surface area (Å²) in [7, 11) is 0. The molecule has 0 amide bonds. The zero-order valence-corrected chi connectivity index (χ0v) is 5.26. The highest BCUT2D eigenvalue weighted by atomic mass is 16.4. The van der Waals surface area contributed by atoms with E-state index in [1.807, 2.05) is 0 Å². The van der Waals surface area contributed by atoms with Crippen molar-refractivity contribution in [3.63, 3.8) is 0 Å². The van der Waals surface area contributed by atoms with Crippen molar-refractivity contribution in [1.82, 2.24) is 0 Å². The molecule has 1 N–H and O–H groups in total. The second kappa shape index (κ2) is 2.21. The first kappa shape index (κ1) is 6.33. The first-order valence-corrected chi connectivity index (χ1v) is 3.12. The first-order valence-electron chi connectivity index (χ1n) is 3.12. The molecule has 1 aliphatic rings. The average Bonchev–Trinajstić information content (AvgIpc) is 2.13. The van der Waals surface area contributed by atoms with E-state index in [1.165, 1.54) is 0 Å². The van der Waals surface area contributed by atoms with E-state index in [1.54, 1.807) is 0 Å². The number of aliphatic carboxylic acids is 1. The molecule has 1 atom stereocenters. The highest BCUT2D eigenvalue weighted by Crippen LogP contribution is 2.29. The lowest BCUT2D eigenvalue weighted by molar-refractivity contribution is -0.140. The van der Waals surface area contributed by atoms with E-state index in [9.17, 15) is 4.79 Å². The largest absolute Gasteiger partial charge is 0.481 e. The molecule has 0 aromatic heterocycles. The van der Waals surface area contributed by atoms with Crippen molar-refractivity contribution in [3.05, 3.63) is 12.2 Å². The summed E-state index contributed by atoms with van der Waals surface area (Å²) in [5.74, 6) is -0.956. The monoisotopic (exact) mass is 126 g/mol. The average molecular weight is 126 g/mol. The predicted molar refractivity (Wildman–Crippen MR) is 34.1 cm³/mol. The number of hydrogen-bond donors (Lipinski definition) is 1. The summed E-state index contributed by atoms with van der Waals surface area (Å²) in [5, 5.41) is 8.52. The van der Waals surface area contributed by atoms with Gasteiger partial charge in [-0.25, -0.2) is 0 Å². The van der Waals surface area contributed by atoms with Crippen molar-refractivity contribution < 1.29 is 9.90 Å². The van der Waals surface area contributed by atoms with Crippen LogP contribution in [0.2, 0.25) is 0 Å². The lowest BCUT2D eigenvalue weighted by Gasteiger charge is -2.01. The van der Waals surface area contributed by atoms with Crippen LogP contribution in [-0.4, -0.2) is 11.1 Å². The molecule has 0 aromatic rings. The molecule has 1 aliphatic carbocycles. The maximum absolute atomic E-state index is 10.4. The molecule has 0 aliphatic heterocycles. The van der Waals surface area contributed by atoms with Crippen LogP contribution in [0.25, 0.3) is 0 Å². The van der Waals surface area contributed by atoms with E-state index in [0.717, 1.165) is 24.8 Å². The fourth-order valence-electron chi connectivity index (χ4n) is 1.21. The summed E-state index contributed by atoms with van der Waals surface area (Å²) < 4.78 is 0. The van der Waals surface area contributed by atoms with Crippen LogP contribution in [-0.2, 0) is 4.79 Å². The number of carbonyl (C=O) groups is 1. The Labute approximate surface area is 54.2 Å². The molecular weight excluding hydrogens is 116 g/mol. The van der Waals surface area contributed by atoms with Gasteiger partial charge in [-0.05, 0) is 19.3 Å². The minimum atomic E-state index is -0.711. The first-order chi connectivity index (χ1) is 4.22. The van der Waals surface area contributed by atoms with Crippen molar-refractivity contribution in [3.8, 4) is 0 Å². The lowest BCUT2D eigenvalue weighted by atomic mass is 10.1. The van der Waals surface area contributed by atoms with Gasteiger partial charge in [0.15, 0.2) is 0 Å². The summed E-state index contributed by atoms with van der Waals surface area (Å²) in [6.45, 7) is 3.68. The van der Waals surface area contributed by atoms with Gasteiger partial charge in [0.25, 0.3) is 0 Å². The molecule has 1 fully saturated rings. The van der Waals surface area contributed by atoms with Crippen molar-refractivity contribution in [2.45, 2.75) is 19.3 Å². The SMILES string of the molecule is C=C1CCCC1C(=O)O. The van der Waals surface area contributed by atoms with Gasteiger partial charge in [0.1, 0.15) is 0 Å². The zero-order chi connectivity index (χ0) is 6.85. The lowest BCUT2D eigenvalue weighted by Crippen LogP contribution is -2.09. The van der Waals surface area contributed by atoms with Gasteiger partial charge < -0.3 is 5.11 Å². The van der Waals surface area contributed by atoms with Crippen LogP contribution < -0.4 is 0 Å². The molecule has 0 spiro atoms. The molecule has 9 heavy (non-hydrogen) atoms. The second-order valence-corrected chi connectivity index (χ2v) is 2.44. The number of carboxylic acid groups (broad SMARTS) is 1. The quantitative estimate of drug-likeness (QED) is 0.539. The summed E-state index contributed by atoms with van der Waals surface area (Å²) in [6, 6.07) is 0. The minimum absolute atomic E-state index is 0.245. The normalized spacial score (nSPS) is 26.7. The van der Waals surface area contributed by atoms with E-state index < -0.39 is 5.97 Å². The molecule has 0 bridgehead atoms. The van der Waals surface area contributed by atoms with Crippen molar-refractivity contribution in [1.29, 1.82) is 0 Å². The molecule has 1 rings (SSSR count). The molecule has 1 saturated carbocycles. The highest BCUT2D eigenvalue weighted by molar-refractivity contribution is 5.73. The van der Waals surface area contributed by atoms with Gasteiger partial charge in [0, 0.05) is 0 Å². The molecular formula is C7H10O2. The molecule has 0 saturated heterocycles. The van der Waals surface area contributed by atoms with E-state index in [2.05, 4.69) is 6.58 Å². The van der Waals surface area contributed by atoms with Crippen LogP contribution in [0.3, 0.4) is 0 Å². The van der Waals surface area contributed by atoms with Gasteiger partial charge in [-0.2, -0.15) is 0 Å². The Morgan fingerprint density at radius 2 is 2.44 bits per heavy atom. The smallest absolute Gasteiger partial charge is 0.310 e. The summed E-state index contributed by atoms with van der Waals surface area (Å²) in [5.41, 5.74) is 0.891. The van der Waals surface area contributed by atoms with Gasteiger partial charge in [0.05, 0.1) is 5.92 Å². The fourth-order valence-corrected chi connectivity index (χ4v) is 1.21. The van der Waals surface area contributed by atoms with E-state index >= 15 is 0 Å². The Morgan fingerprint density at radius 1 is 1.78 bits per heavy atom. The number of rotatable bonds is 1.